The number of nitrogens with zero attached hydrogens (tertiary/aromatic N) is 1. The molecule has 11 heteroatoms. The van der Waals surface area contributed by atoms with Gasteiger partial charge in [-0.05, 0) is 75.4 Å². The highest BCUT2D eigenvalue weighted by Gasteiger charge is 2.38. The number of ether oxygens (including phenoxy) is 2. The van der Waals surface area contributed by atoms with E-state index in [0.29, 0.717) is 22.7 Å². The molecule has 0 radical (unpaired) electrons. The van der Waals surface area contributed by atoms with Crippen LogP contribution in [0.2, 0.25) is 0 Å². The van der Waals surface area contributed by atoms with Crippen molar-refractivity contribution in [3.8, 4) is 0 Å². The average molecular weight is 565 g/mol. The molecule has 0 saturated carbocycles. The number of sulfonamides is 1. The summed E-state index contributed by atoms with van der Waals surface area (Å²) >= 11 is 0. The molecule has 10 nitrogen and oxygen atoms in total. The van der Waals surface area contributed by atoms with Gasteiger partial charge in [-0.3, -0.25) is 9.69 Å². The summed E-state index contributed by atoms with van der Waals surface area (Å²) in [5.41, 5.74) is 2.13. The third-order valence-electron chi connectivity index (χ3n) is 6.16. The van der Waals surface area contributed by atoms with Gasteiger partial charge in [-0.2, -0.15) is 0 Å². The fourth-order valence-electron chi connectivity index (χ4n) is 4.13. The van der Waals surface area contributed by atoms with E-state index in [9.17, 15) is 22.8 Å². The highest BCUT2D eigenvalue weighted by Crippen LogP contribution is 2.35. The van der Waals surface area contributed by atoms with Gasteiger partial charge in [0.25, 0.3) is 5.91 Å². The van der Waals surface area contributed by atoms with E-state index in [0.717, 1.165) is 5.56 Å². The van der Waals surface area contributed by atoms with E-state index in [1.165, 1.54) is 42.4 Å². The zero-order valence-electron chi connectivity index (χ0n) is 22.4. The Labute approximate surface area is 231 Å². The first-order valence-corrected chi connectivity index (χ1v) is 13.8. The largest absolute Gasteiger partial charge is 0.465 e. The number of aryl methyl sites for hydroxylation is 1. The molecule has 0 saturated heterocycles. The number of esters is 2. The van der Waals surface area contributed by atoms with Gasteiger partial charge >= 0.3 is 11.9 Å². The molecule has 0 bridgehead atoms. The number of benzene rings is 2. The smallest absolute Gasteiger partial charge is 0.340 e. The number of amides is 1. The molecule has 40 heavy (non-hydrogen) atoms. The number of rotatable bonds is 9. The Kier molecular flexibility index (Phi) is 8.36. The van der Waals surface area contributed by atoms with Crippen LogP contribution in [0.3, 0.4) is 0 Å². The maximum atomic E-state index is 13.5. The van der Waals surface area contributed by atoms with Crippen molar-refractivity contribution >= 4 is 39.6 Å². The van der Waals surface area contributed by atoms with Gasteiger partial charge in [-0.25, -0.2) is 22.7 Å². The van der Waals surface area contributed by atoms with Crippen LogP contribution in [0.25, 0.3) is 6.08 Å². The zero-order valence-corrected chi connectivity index (χ0v) is 23.2. The van der Waals surface area contributed by atoms with Gasteiger partial charge in [-0.15, -0.1) is 0 Å². The fourth-order valence-corrected chi connectivity index (χ4v) is 5.12. The Bertz CT molecular complexity index is 1610. The minimum Gasteiger partial charge on any atom is -0.465 e. The molecule has 2 aromatic carbocycles. The number of carbonyl (C=O) groups excluding carboxylic acids is 3. The molecule has 0 spiro atoms. The molecule has 1 N–H and O–H groups in total. The summed E-state index contributed by atoms with van der Waals surface area (Å²) in [6, 6.07) is 15.8. The lowest BCUT2D eigenvalue weighted by Crippen LogP contribution is -2.24. The first kappa shape index (κ1) is 28.5. The minimum absolute atomic E-state index is 0.0416. The molecule has 0 atom stereocenters. The Hall–Kier alpha value is -4.48. The van der Waals surface area contributed by atoms with Crippen LogP contribution in [0, 0.1) is 6.92 Å². The lowest BCUT2D eigenvalue weighted by Gasteiger charge is -2.18. The third kappa shape index (κ3) is 5.90. The van der Waals surface area contributed by atoms with Crippen LogP contribution >= 0.6 is 0 Å². The number of carbonyl (C=O) groups is 3. The summed E-state index contributed by atoms with van der Waals surface area (Å²) in [7, 11) is -2.55. The van der Waals surface area contributed by atoms with E-state index >= 15 is 0 Å². The zero-order chi connectivity index (χ0) is 29.0. The number of methoxy groups -OCH3 is 1. The second kappa shape index (κ2) is 11.7. The Morgan fingerprint density at radius 2 is 1.65 bits per heavy atom. The number of anilines is 1. The summed E-state index contributed by atoms with van der Waals surface area (Å²) in [4.78, 5) is 39.6. The molecule has 0 fully saturated rings. The molecular weight excluding hydrogens is 536 g/mol. The molecule has 0 unspecified atom stereocenters. The van der Waals surface area contributed by atoms with Gasteiger partial charge in [0.1, 0.15) is 11.5 Å². The molecule has 1 aliphatic rings. The van der Waals surface area contributed by atoms with Crippen LogP contribution in [0.5, 0.6) is 0 Å². The van der Waals surface area contributed by atoms with E-state index < -0.39 is 27.9 Å². The summed E-state index contributed by atoms with van der Waals surface area (Å²) in [6.07, 6.45) is 1.41. The average Bonchev–Trinajstić information content (AvgIpc) is 3.49. The number of nitrogens with one attached hydrogen (secondary N) is 1. The second-order valence-electron chi connectivity index (χ2n) is 8.86. The molecule has 1 amide bonds. The summed E-state index contributed by atoms with van der Waals surface area (Å²) < 4.78 is 43.4. The van der Waals surface area contributed by atoms with Crippen molar-refractivity contribution in [2.24, 2.45) is 0 Å². The lowest BCUT2D eigenvalue weighted by molar-refractivity contribution is -0.136. The highest BCUT2D eigenvalue weighted by molar-refractivity contribution is 7.89. The minimum atomic E-state index is -3.76. The number of hydrogen-bond donors (Lipinski definition) is 1. The summed E-state index contributed by atoms with van der Waals surface area (Å²) in [5.74, 6) is -1.15. The Morgan fingerprint density at radius 1 is 0.975 bits per heavy atom. The quantitative estimate of drug-likeness (QED) is 0.303. The van der Waals surface area contributed by atoms with Gasteiger partial charge in [0.15, 0.2) is 0 Å². The van der Waals surface area contributed by atoms with E-state index in [-0.39, 0.29) is 35.0 Å². The topological polar surface area (TPSA) is 132 Å². The molecular formula is C29H28N2O8S. The SMILES string of the molecule is CCOC(=O)c1ccc(N2C(=O)/C(=C/c3ccc(CNS(=O)(=O)c4ccc(C)cc4)o3)C(C(=O)OC)=C2C)cc1. The van der Waals surface area contributed by atoms with Crippen molar-refractivity contribution in [2.75, 3.05) is 18.6 Å². The van der Waals surface area contributed by atoms with Gasteiger partial charge < -0.3 is 13.9 Å². The van der Waals surface area contributed by atoms with Crippen LogP contribution < -0.4 is 9.62 Å². The second-order valence-corrected chi connectivity index (χ2v) is 10.6. The van der Waals surface area contributed by atoms with Gasteiger partial charge in [0.05, 0.1) is 41.9 Å². The molecule has 1 aliphatic heterocycles. The standard InChI is InChI=1S/C29H28N2O8S/c1-5-38-28(33)20-8-10-21(11-9-20)31-19(3)26(29(34)37-4)25(27(31)32)16-22-12-13-23(39-22)17-30-40(35,36)24-14-6-18(2)7-15-24/h6-16,30H,5,17H2,1-4H3/b25-16+. The number of hydrogen-bond acceptors (Lipinski definition) is 8. The molecule has 3 aromatic rings. The van der Waals surface area contributed by atoms with Crippen LogP contribution in [-0.4, -0.2) is 40.0 Å². The van der Waals surface area contributed by atoms with E-state index in [1.807, 2.05) is 6.92 Å². The van der Waals surface area contributed by atoms with Crippen molar-refractivity contribution in [2.45, 2.75) is 32.2 Å². The van der Waals surface area contributed by atoms with Gasteiger partial charge in [0.2, 0.25) is 10.0 Å². The highest BCUT2D eigenvalue weighted by atomic mass is 32.2. The van der Waals surface area contributed by atoms with Gasteiger partial charge in [-0.1, -0.05) is 17.7 Å². The van der Waals surface area contributed by atoms with Gasteiger partial charge in [0, 0.05) is 11.4 Å². The fraction of sp³-hybridized carbons (Fsp3) is 0.207. The van der Waals surface area contributed by atoms with Crippen molar-refractivity contribution in [3.05, 3.63) is 100 Å². The number of furan rings is 1. The Balaban J connectivity index is 1.58. The number of allylic oxidation sites excluding steroid dienone is 1. The maximum Gasteiger partial charge on any atom is 0.340 e. The van der Waals surface area contributed by atoms with E-state index in [2.05, 4.69) is 4.72 Å². The molecule has 2 heterocycles. The Morgan fingerprint density at radius 3 is 2.27 bits per heavy atom. The molecule has 208 valence electrons. The van der Waals surface area contributed by atoms with Crippen LogP contribution in [-0.2, 0) is 35.6 Å². The van der Waals surface area contributed by atoms with Crippen LogP contribution in [0.1, 0.15) is 41.3 Å². The normalized spacial score (nSPS) is 14.7. The van der Waals surface area contributed by atoms with E-state index in [4.69, 9.17) is 13.9 Å². The summed E-state index contributed by atoms with van der Waals surface area (Å²) in [5, 5.41) is 0. The predicted octanol–water partition coefficient (Wildman–Crippen LogP) is 4.12. The van der Waals surface area contributed by atoms with E-state index in [1.54, 1.807) is 50.2 Å². The van der Waals surface area contributed by atoms with Crippen LogP contribution in [0.15, 0.2) is 86.8 Å². The van der Waals surface area contributed by atoms with Crippen molar-refractivity contribution in [3.63, 3.8) is 0 Å². The first-order valence-electron chi connectivity index (χ1n) is 12.3. The predicted molar refractivity (Wildman–Crippen MR) is 146 cm³/mol. The summed E-state index contributed by atoms with van der Waals surface area (Å²) in [6.45, 7) is 5.29. The van der Waals surface area contributed by atoms with Crippen LogP contribution in [0.4, 0.5) is 5.69 Å². The van der Waals surface area contributed by atoms with Crippen molar-refractivity contribution < 1.29 is 36.7 Å². The maximum absolute atomic E-state index is 13.5. The molecule has 0 aliphatic carbocycles. The monoisotopic (exact) mass is 564 g/mol. The molecule has 1 aromatic heterocycles. The first-order chi connectivity index (χ1) is 19.1. The lowest BCUT2D eigenvalue weighted by atomic mass is 10.1. The third-order valence-corrected chi connectivity index (χ3v) is 7.58. The molecule has 4 rings (SSSR count). The van der Waals surface area contributed by atoms with Crippen molar-refractivity contribution in [1.29, 1.82) is 0 Å². The van der Waals surface area contributed by atoms with Crippen molar-refractivity contribution in [1.82, 2.24) is 4.72 Å².